The molecule has 2 aromatic rings. The minimum atomic E-state index is 1.34. The number of aryl methyl sites for hydroxylation is 2. The Morgan fingerprint density at radius 1 is 0.714 bits per heavy atom. The second-order valence-corrected chi connectivity index (χ2v) is 5.80. The van der Waals surface area contributed by atoms with Crippen molar-refractivity contribution in [3.63, 3.8) is 0 Å². The van der Waals surface area contributed by atoms with Gasteiger partial charge in [-0.05, 0) is 87.7 Å². The molecular weight excluding hydrogens is 398 g/mol. The predicted octanol–water partition coefficient (Wildman–Crippen LogP) is 4.67. The van der Waals surface area contributed by atoms with Crippen LogP contribution in [0, 0.1) is 21.0 Å². The Morgan fingerprint density at radius 3 is 1.50 bits per heavy atom. The van der Waals surface area contributed by atoms with Gasteiger partial charge in [-0.2, -0.15) is 0 Å². The van der Waals surface area contributed by atoms with Crippen LogP contribution in [0.15, 0.2) is 24.3 Å². The Kier molecular flexibility index (Phi) is 3.02. The van der Waals surface area contributed by atoms with E-state index in [4.69, 9.17) is 0 Å². The summed E-state index contributed by atoms with van der Waals surface area (Å²) in [7, 11) is 0. The number of rotatable bonds is 0. The number of hydrogen-bond donors (Lipinski definition) is 0. The third kappa shape index (κ3) is 1.66. The van der Waals surface area contributed by atoms with E-state index in [0.717, 1.165) is 0 Å². The second-order valence-electron chi connectivity index (χ2n) is 3.48. The van der Waals surface area contributed by atoms with Crippen LogP contribution in [0.1, 0.15) is 11.1 Å². The van der Waals surface area contributed by atoms with Crippen molar-refractivity contribution in [2.45, 2.75) is 13.8 Å². The molecule has 2 rings (SSSR count). The molecule has 0 spiro atoms. The summed E-state index contributed by atoms with van der Waals surface area (Å²) < 4.78 is 2.69. The zero-order valence-corrected chi connectivity index (χ0v) is 12.4. The first-order chi connectivity index (χ1) is 6.61. The highest BCUT2D eigenvalue weighted by Crippen LogP contribution is 2.30. The highest BCUT2D eigenvalue weighted by atomic mass is 127. The van der Waals surface area contributed by atoms with Crippen LogP contribution in [0.3, 0.4) is 0 Å². The number of hydrogen-bond acceptors (Lipinski definition) is 0. The van der Waals surface area contributed by atoms with Gasteiger partial charge in [0.2, 0.25) is 0 Å². The zero-order chi connectivity index (χ0) is 10.3. The molecule has 0 bridgehead atoms. The van der Waals surface area contributed by atoms with Gasteiger partial charge in [0.1, 0.15) is 0 Å². The van der Waals surface area contributed by atoms with Crippen LogP contribution in [0.5, 0.6) is 0 Å². The Balaban J connectivity index is 3.05. The van der Waals surface area contributed by atoms with Crippen molar-refractivity contribution >= 4 is 56.0 Å². The fourth-order valence-electron chi connectivity index (χ4n) is 1.79. The SMILES string of the molecule is Cc1ccc(I)c2c(I)ccc(C)c12. The van der Waals surface area contributed by atoms with Crippen LogP contribution in [0.4, 0.5) is 0 Å². The van der Waals surface area contributed by atoms with Crippen LogP contribution in [0.25, 0.3) is 10.8 Å². The molecule has 0 nitrogen and oxygen atoms in total. The van der Waals surface area contributed by atoms with Gasteiger partial charge in [0, 0.05) is 12.5 Å². The van der Waals surface area contributed by atoms with E-state index >= 15 is 0 Å². The summed E-state index contributed by atoms with van der Waals surface area (Å²) in [4.78, 5) is 0. The van der Waals surface area contributed by atoms with E-state index in [-0.39, 0.29) is 0 Å². The van der Waals surface area contributed by atoms with Gasteiger partial charge in [-0.15, -0.1) is 0 Å². The van der Waals surface area contributed by atoms with Gasteiger partial charge in [-0.1, -0.05) is 12.1 Å². The van der Waals surface area contributed by atoms with E-state index in [0.29, 0.717) is 0 Å². The van der Waals surface area contributed by atoms with E-state index in [9.17, 15) is 0 Å². The lowest BCUT2D eigenvalue weighted by Gasteiger charge is -2.09. The summed E-state index contributed by atoms with van der Waals surface area (Å²) in [6.45, 7) is 4.36. The Labute approximate surface area is 111 Å². The highest BCUT2D eigenvalue weighted by molar-refractivity contribution is 14.1. The lowest BCUT2D eigenvalue weighted by molar-refractivity contribution is 1.44. The Hall–Kier alpha value is 0.160. The molecule has 0 saturated carbocycles. The van der Waals surface area contributed by atoms with Crippen molar-refractivity contribution in [1.82, 2.24) is 0 Å². The number of halogens is 2. The quantitative estimate of drug-likeness (QED) is 0.557. The van der Waals surface area contributed by atoms with Crippen molar-refractivity contribution < 1.29 is 0 Å². The summed E-state index contributed by atoms with van der Waals surface area (Å²) in [5.74, 6) is 0. The molecule has 14 heavy (non-hydrogen) atoms. The molecule has 2 aromatic carbocycles. The highest BCUT2D eigenvalue weighted by Gasteiger charge is 2.07. The van der Waals surface area contributed by atoms with Crippen molar-refractivity contribution in [3.8, 4) is 0 Å². The van der Waals surface area contributed by atoms with Gasteiger partial charge in [-0.3, -0.25) is 0 Å². The largest absolute Gasteiger partial charge is 0.0576 e. The van der Waals surface area contributed by atoms with E-state index in [1.807, 2.05) is 0 Å². The topological polar surface area (TPSA) is 0 Å². The summed E-state index contributed by atoms with van der Waals surface area (Å²) in [6.07, 6.45) is 0. The van der Waals surface area contributed by atoms with Crippen LogP contribution < -0.4 is 0 Å². The molecule has 0 heterocycles. The van der Waals surface area contributed by atoms with Gasteiger partial charge in [-0.25, -0.2) is 0 Å². The maximum absolute atomic E-state index is 2.41. The normalized spacial score (nSPS) is 10.9. The lowest BCUT2D eigenvalue weighted by atomic mass is 10.0. The smallest absolute Gasteiger partial charge is 0.0219 e. The minimum Gasteiger partial charge on any atom is -0.0576 e. The molecular formula is C12H10I2. The van der Waals surface area contributed by atoms with E-state index in [1.165, 1.54) is 29.0 Å². The van der Waals surface area contributed by atoms with E-state index in [1.54, 1.807) is 0 Å². The summed E-state index contributed by atoms with van der Waals surface area (Å²) in [6, 6.07) is 8.79. The molecule has 72 valence electrons. The summed E-state index contributed by atoms with van der Waals surface area (Å²) in [5.41, 5.74) is 2.74. The molecule has 0 radical (unpaired) electrons. The van der Waals surface area contributed by atoms with Crippen molar-refractivity contribution in [3.05, 3.63) is 42.5 Å². The Morgan fingerprint density at radius 2 is 1.14 bits per heavy atom. The molecule has 0 fully saturated rings. The van der Waals surface area contributed by atoms with Gasteiger partial charge in [0.05, 0.1) is 0 Å². The van der Waals surface area contributed by atoms with Crippen LogP contribution in [-0.4, -0.2) is 0 Å². The first-order valence-electron chi connectivity index (χ1n) is 4.45. The van der Waals surface area contributed by atoms with Crippen molar-refractivity contribution in [2.75, 3.05) is 0 Å². The van der Waals surface area contributed by atoms with Crippen LogP contribution in [0.2, 0.25) is 0 Å². The summed E-state index contributed by atoms with van der Waals surface area (Å²) in [5, 5.41) is 2.83. The molecule has 0 atom stereocenters. The van der Waals surface area contributed by atoms with Crippen LogP contribution >= 0.6 is 45.2 Å². The molecule has 0 amide bonds. The van der Waals surface area contributed by atoms with Gasteiger partial charge in [0.25, 0.3) is 0 Å². The van der Waals surface area contributed by atoms with E-state index in [2.05, 4.69) is 83.3 Å². The standard InChI is InChI=1S/C12H10I2/c1-7-3-5-9(13)12-10(14)6-4-8(2)11(7)12/h3-6H,1-2H3. The number of benzene rings is 2. The summed E-state index contributed by atoms with van der Waals surface area (Å²) >= 11 is 4.82. The monoisotopic (exact) mass is 408 g/mol. The van der Waals surface area contributed by atoms with Gasteiger partial charge >= 0.3 is 0 Å². The third-order valence-electron chi connectivity index (χ3n) is 2.48. The fraction of sp³-hybridized carbons (Fsp3) is 0.167. The van der Waals surface area contributed by atoms with Gasteiger partial charge < -0.3 is 0 Å². The predicted molar refractivity (Wildman–Crippen MR) is 78.9 cm³/mol. The number of fused-ring (bicyclic) bond motifs is 1. The third-order valence-corrected chi connectivity index (χ3v) is 4.27. The average molecular weight is 408 g/mol. The molecule has 0 aliphatic rings. The fourth-order valence-corrected chi connectivity index (χ4v) is 3.78. The van der Waals surface area contributed by atoms with E-state index < -0.39 is 0 Å². The molecule has 0 aromatic heterocycles. The zero-order valence-electron chi connectivity index (χ0n) is 8.07. The molecule has 0 unspecified atom stereocenters. The lowest BCUT2D eigenvalue weighted by Crippen LogP contribution is -1.88. The second kappa shape index (κ2) is 3.96. The first-order valence-corrected chi connectivity index (χ1v) is 6.61. The Bertz CT molecular complexity index is 412. The molecule has 0 aliphatic heterocycles. The van der Waals surface area contributed by atoms with Crippen molar-refractivity contribution in [1.29, 1.82) is 0 Å². The molecule has 0 saturated heterocycles. The van der Waals surface area contributed by atoms with Crippen LogP contribution in [-0.2, 0) is 0 Å². The van der Waals surface area contributed by atoms with Gasteiger partial charge in [0.15, 0.2) is 0 Å². The van der Waals surface area contributed by atoms with Crippen molar-refractivity contribution in [2.24, 2.45) is 0 Å². The minimum absolute atomic E-state index is 1.34. The maximum Gasteiger partial charge on any atom is 0.0219 e. The molecule has 2 heteroatoms. The maximum atomic E-state index is 2.41. The first kappa shape index (κ1) is 10.7. The molecule has 0 N–H and O–H groups in total. The average Bonchev–Trinajstić information content (AvgIpc) is 2.16. The molecule has 0 aliphatic carbocycles.